The SMILES string of the molecule is COc1ccc2c(O)c(Br)c(C(C)C)cc2c1. The first-order chi connectivity index (χ1) is 8.04. The molecule has 0 aromatic heterocycles. The molecule has 0 atom stereocenters. The molecular weight excluding hydrogens is 280 g/mol. The predicted molar refractivity (Wildman–Crippen MR) is 74.0 cm³/mol. The molecule has 2 aromatic carbocycles. The zero-order valence-electron chi connectivity index (χ0n) is 10.1. The van der Waals surface area contributed by atoms with Gasteiger partial charge in [0.15, 0.2) is 0 Å². The van der Waals surface area contributed by atoms with Crippen LogP contribution in [-0.4, -0.2) is 12.2 Å². The van der Waals surface area contributed by atoms with Crippen LogP contribution in [0, 0.1) is 0 Å². The molecule has 1 N–H and O–H groups in total. The Bertz CT molecular complexity index is 562. The zero-order valence-corrected chi connectivity index (χ0v) is 11.7. The van der Waals surface area contributed by atoms with Crippen molar-refractivity contribution in [2.45, 2.75) is 19.8 Å². The fourth-order valence-electron chi connectivity index (χ4n) is 1.91. The molecule has 0 aliphatic heterocycles. The van der Waals surface area contributed by atoms with E-state index in [2.05, 4.69) is 35.8 Å². The van der Waals surface area contributed by atoms with Gasteiger partial charge in [-0.25, -0.2) is 0 Å². The highest BCUT2D eigenvalue weighted by Gasteiger charge is 2.13. The highest BCUT2D eigenvalue weighted by Crippen LogP contribution is 2.39. The van der Waals surface area contributed by atoms with Crippen LogP contribution in [0.3, 0.4) is 0 Å². The van der Waals surface area contributed by atoms with Gasteiger partial charge in [0, 0.05) is 5.39 Å². The lowest BCUT2D eigenvalue weighted by molar-refractivity contribution is 0.415. The van der Waals surface area contributed by atoms with Gasteiger partial charge in [0.1, 0.15) is 11.5 Å². The number of hydrogen-bond acceptors (Lipinski definition) is 2. The van der Waals surface area contributed by atoms with Crippen LogP contribution in [0.2, 0.25) is 0 Å². The average Bonchev–Trinajstić information content (AvgIpc) is 2.32. The summed E-state index contributed by atoms with van der Waals surface area (Å²) in [5, 5.41) is 12.0. The Balaban J connectivity index is 2.77. The average molecular weight is 295 g/mol. The Morgan fingerprint density at radius 3 is 2.53 bits per heavy atom. The summed E-state index contributed by atoms with van der Waals surface area (Å²) in [6.45, 7) is 4.21. The van der Waals surface area contributed by atoms with E-state index in [0.29, 0.717) is 11.7 Å². The molecule has 0 aliphatic rings. The van der Waals surface area contributed by atoms with Gasteiger partial charge < -0.3 is 9.84 Å². The smallest absolute Gasteiger partial charge is 0.137 e. The maximum absolute atomic E-state index is 10.2. The summed E-state index contributed by atoms with van der Waals surface area (Å²) < 4.78 is 5.98. The molecule has 0 heterocycles. The van der Waals surface area contributed by atoms with E-state index < -0.39 is 0 Å². The second kappa shape index (κ2) is 4.57. The van der Waals surface area contributed by atoms with Crippen molar-refractivity contribution in [1.82, 2.24) is 0 Å². The molecule has 0 unspecified atom stereocenters. The minimum Gasteiger partial charge on any atom is -0.506 e. The van der Waals surface area contributed by atoms with Crippen molar-refractivity contribution in [3.63, 3.8) is 0 Å². The van der Waals surface area contributed by atoms with Crippen LogP contribution in [-0.2, 0) is 0 Å². The molecule has 17 heavy (non-hydrogen) atoms. The molecule has 0 fully saturated rings. The van der Waals surface area contributed by atoms with Crippen LogP contribution in [0.1, 0.15) is 25.3 Å². The van der Waals surface area contributed by atoms with Gasteiger partial charge in [-0.15, -0.1) is 0 Å². The summed E-state index contributed by atoms with van der Waals surface area (Å²) in [7, 11) is 1.64. The van der Waals surface area contributed by atoms with E-state index in [1.807, 2.05) is 18.2 Å². The van der Waals surface area contributed by atoms with Gasteiger partial charge in [-0.3, -0.25) is 0 Å². The number of ether oxygens (including phenoxy) is 1. The van der Waals surface area contributed by atoms with Crippen molar-refractivity contribution in [2.24, 2.45) is 0 Å². The maximum atomic E-state index is 10.2. The molecule has 2 aromatic rings. The highest BCUT2D eigenvalue weighted by molar-refractivity contribution is 9.10. The molecular formula is C14H15BrO2. The molecule has 0 amide bonds. The quantitative estimate of drug-likeness (QED) is 0.887. The topological polar surface area (TPSA) is 29.5 Å². The lowest BCUT2D eigenvalue weighted by Gasteiger charge is -2.13. The molecule has 3 heteroatoms. The monoisotopic (exact) mass is 294 g/mol. The number of phenolic OH excluding ortho intramolecular Hbond substituents is 1. The Hall–Kier alpha value is -1.22. The van der Waals surface area contributed by atoms with Crippen molar-refractivity contribution < 1.29 is 9.84 Å². The van der Waals surface area contributed by atoms with E-state index in [1.165, 1.54) is 0 Å². The number of rotatable bonds is 2. The van der Waals surface area contributed by atoms with E-state index in [1.54, 1.807) is 7.11 Å². The molecule has 2 nitrogen and oxygen atoms in total. The minimum atomic E-state index is 0.300. The number of hydrogen-bond donors (Lipinski definition) is 1. The Kier molecular flexibility index (Phi) is 3.29. The summed E-state index contributed by atoms with van der Waals surface area (Å²) in [4.78, 5) is 0. The van der Waals surface area contributed by atoms with Crippen LogP contribution in [0.5, 0.6) is 11.5 Å². The summed E-state index contributed by atoms with van der Waals surface area (Å²) in [6.07, 6.45) is 0. The number of benzene rings is 2. The third-order valence-corrected chi connectivity index (χ3v) is 3.74. The molecule has 0 aliphatic carbocycles. The van der Waals surface area contributed by atoms with Gasteiger partial charge in [0.05, 0.1) is 11.6 Å². The molecule has 90 valence electrons. The van der Waals surface area contributed by atoms with Gasteiger partial charge in [0.2, 0.25) is 0 Å². The van der Waals surface area contributed by atoms with Crippen LogP contribution < -0.4 is 4.74 Å². The van der Waals surface area contributed by atoms with E-state index in [4.69, 9.17) is 4.74 Å². The lowest BCUT2D eigenvalue weighted by atomic mass is 9.98. The molecule has 0 saturated heterocycles. The van der Waals surface area contributed by atoms with E-state index in [-0.39, 0.29) is 0 Å². The Morgan fingerprint density at radius 2 is 1.94 bits per heavy atom. The van der Waals surface area contributed by atoms with Crippen LogP contribution in [0.15, 0.2) is 28.7 Å². The minimum absolute atomic E-state index is 0.300. The Labute approximate surface area is 109 Å². The van der Waals surface area contributed by atoms with Crippen LogP contribution in [0.25, 0.3) is 10.8 Å². The van der Waals surface area contributed by atoms with Gasteiger partial charge in [0.25, 0.3) is 0 Å². The first kappa shape index (κ1) is 12.2. The number of halogens is 1. The van der Waals surface area contributed by atoms with Crippen molar-refractivity contribution >= 4 is 26.7 Å². The van der Waals surface area contributed by atoms with E-state index in [9.17, 15) is 5.11 Å². The summed E-state index contributed by atoms with van der Waals surface area (Å²) >= 11 is 3.46. The summed E-state index contributed by atoms with van der Waals surface area (Å²) in [5.41, 5.74) is 1.10. The van der Waals surface area contributed by atoms with Crippen LogP contribution >= 0.6 is 15.9 Å². The van der Waals surface area contributed by atoms with E-state index in [0.717, 1.165) is 26.6 Å². The number of phenols is 1. The van der Waals surface area contributed by atoms with Crippen molar-refractivity contribution in [2.75, 3.05) is 7.11 Å². The zero-order chi connectivity index (χ0) is 12.6. The van der Waals surface area contributed by atoms with Crippen molar-refractivity contribution in [3.05, 3.63) is 34.3 Å². The molecule has 0 spiro atoms. The van der Waals surface area contributed by atoms with E-state index >= 15 is 0 Å². The number of fused-ring (bicyclic) bond motifs is 1. The molecule has 0 radical (unpaired) electrons. The van der Waals surface area contributed by atoms with Gasteiger partial charge in [-0.05, 0) is 57.1 Å². The molecule has 0 bridgehead atoms. The fourth-order valence-corrected chi connectivity index (χ4v) is 2.69. The molecule has 0 saturated carbocycles. The van der Waals surface area contributed by atoms with Gasteiger partial charge in [-0.1, -0.05) is 13.8 Å². The number of methoxy groups -OCH3 is 1. The second-order valence-electron chi connectivity index (χ2n) is 4.37. The fraction of sp³-hybridized carbons (Fsp3) is 0.286. The first-order valence-electron chi connectivity index (χ1n) is 5.53. The first-order valence-corrected chi connectivity index (χ1v) is 6.33. The summed E-state index contributed by atoms with van der Waals surface area (Å²) in [6, 6.07) is 7.75. The van der Waals surface area contributed by atoms with Crippen molar-refractivity contribution in [3.8, 4) is 11.5 Å². The normalized spacial score (nSPS) is 11.1. The van der Waals surface area contributed by atoms with Crippen molar-refractivity contribution in [1.29, 1.82) is 0 Å². The number of aromatic hydroxyl groups is 1. The Morgan fingerprint density at radius 1 is 1.24 bits per heavy atom. The third kappa shape index (κ3) is 2.12. The second-order valence-corrected chi connectivity index (χ2v) is 5.16. The van der Waals surface area contributed by atoms with Crippen LogP contribution in [0.4, 0.5) is 0 Å². The van der Waals surface area contributed by atoms with Gasteiger partial charge >= 0.3 is 0 Å². The standard InChI is InChI=1S/C14H15BrO2/c1-8(2)12-7-9-6-10(17-3)4-5-11(9)14(16)13(12)15/h4-8,16H,1-3H3. The molecule has 2 rings (SSSR count). The third-order valence-electron chi connectivity index (χ3n) is 2.91. The summed E-state index contributed by atoms with van der Waals surface area (Å²) in [5.74, 6) is 1.45. The highest BCUT2D eigenvalue weighted by atomic mass is 79.9. The largest absolute Gasteiger partial charge is 0.506 e. The maximum Gasteiger partial charge on any atom is 0.137 e. The van der Waals surface area contributed by atoms with Gasteiger partial charge in [-0.2, -0.15) is 0 Å². The predicted octanol–water partition coefficient (Wildman–Crippen LogP) is 4.44. The lowest BCUT2D eigenvalue weighted by Crippen LogP contribution is -1.91.